The standard InChI is InChI=1S/C15H29NO4/c1-5-10-18-11-12-19-13-6-8-16(9-7-13)14(17)20-15(2,3)4/h13H,5-12H2,1-4H3. The number of rotatable bonds is 6. The average molecular weight is 287 g/mol. The number of nitrogens with zero attached hydrogens (tertiary/aromatic N) is 1. The number of hydrogen-bond donors (Lipinski definition) is 0. The highest BCUT2D eigenvalue weighted by molar-refractivity contribution is 5.68. The van der Waals surface area contributed by atoms with Crippen LogP contribution in [0.15, 0.2) is 0 Å². The molecule has 0 spiro atoms. The first-order valence-corrected chi connectivity index (χ1v) is 7.59. The van der Waals surface area contributed by atoms with Crippen molar-refractivity contribution in [2.45, 2.75) is 58.7 Å². The first-order chi connectivity index (χ1) is 9.42. The number of amides is 1. The summed E-state index contributed by atoms with van der Waals surface area (Å²) in [5.41, 5.74) is -0.430. The van der Waals surface area contributed by atoms with Gasteiger partial charge >= 0.3 is 6.09 Å². The molecule has 5 heteroatoms. The maximum absolute atomic E-state index is 11.9. The second kappa shape index (κ2) is 8.47. The molecule has 1 aliphatic rings. The fourth-order valence-corrected chi connectivity index (χ4v) is 2.05. The lowest BCUT2D eigenvalue weighted by Crippen LogP contribution is -2.43. The molecule has 0 radical (unpaired) electrons. The fourth-order valence-electron chi connectivity index (χ4n) is 2.05. The van der Waals surface area contributed by atoms with Crippen LogP contribution in [0.2, 0.25) is 0 Å². The molecule has 0 aliphatic carbocycles. The van der Waals surface area contributed by atoms with Crippen LogP contribution in [-0.2, 0) is 14.2 Å². The lowest BCUT2D eigenvalue weighted by atomic mass is 10.1. The van der Waals surface area contributed by atoms with Gasteiger partial charge in [-0.25, -0.2) is 4.79 Å². The first kappa shape index (κ1) is 17.2. The van der Waals surface area contributed by atoms with Crippen LogP contribution in [0.3, 0.4) is 0 Å². The van der Waals surface area contributed by atoms with Crippen molar-refractivity contribution < 1.29 is 19.0 Å². The number of ether oxygens (including phenoxy) is 3. The second-order valence-electron chi connectivity index (χ2n) is 6.15. The molecule has 118 valence electrons. The van der Waals surface area contributed by atoms with Gasteiger partial charge in [-0.05, 0) is 40.0 Å². The minimum atomic E-state index is -0.430. The SMILES string of the molecule is CCCOCCOC1CCN(C(=O)OC(C)(C)C)CC1. The third-order valence-electron chi connectivity index (χ3n) is 3.02. The highest BCUT2D eigenvalue weighted by Crippen LogP contribution is 2.17. The molecule has 0 bridgehead atoms. The molecule has 1 rings (SSSR count). The van der Waals surface area contributed by atoms with Gasteiger partial charge in [-0.1, -0.05) is 6.92 Å². The lowest BCUT2D eigenvalue weighted by molar-refractivity contribution is -0.0292. The Morgan fingerprint density at radius 1 is 1.15 bits per heavy atom. The first-order valence-electron chi connectivity index (χ1n) is 7.59. The molecule has 0 atom stereocenters. The van der Waals surface area contributed by atoms with Crippen LogP contribution in [-0.4, -0.2) is 55.6 Å². The molecule has 5 nitrogen and oxygen atoms in total. The van der Waals surface area contributed by atoms with Crippen LogP contribution < -0.4 is 0 Å². The van der Waals surface area contributed by atoms with Crippen LogP contribution in [0, 0.1) is 0 Å². The lowest BCUT2D eigenvalue weighted by Gasteiger charge is -2.33. The smallest absolute Gasteiger partial charge is 0.410 e. The summed E-state index contributed by atoms with van der Waals surface area (Å²) in [7, 11) is 0. The average Bonchev–Trinajstić information content (AvgIpc) is 2.37. The van der Waals surface area contributed by atoms with E-state index in [0.717, 1.165) is 25.9 Å². The largest absolute Gasteiger partial charge is 0.444 e. The summed E-state index contributed by atoms with van der Waals surface area (Å²) < 4.78 is 16.5. The maximum Gasteiger partial charge on any atom is 0.410 e. The van der Waals surface area contributed by atoms with E-state index in [9.17, 15) is 4.79 Å². The van der Waals surface area contributed by atoms with E-state index in [1.165, 1.54) is 0 Å². The van der Waals surface area contributed by atoms with E-state index in [-0.39, 0.29) is 12.2 Å². The Hall–Kier alpha value is -0.810. The predicted octanol–water partition coefficient (Wildman–Crippen LogP) is 2.83. The van der Waals surface area contributed by atoms with Crippen LogP contribution in [0.5, 0.6) is 0 Å². The van der Waals surface area contributed by atoms with Gasteiger partial charge in [-0.15, -0.1) is 0 Å². The predicted molar refractivity (Wildman–Crippen MR) is 77.9 cm³/mol. The van der Waals surface area contributed by atoms with Crippen LogP contribution in [0.1, 0.15) is 47.0 Å². The molecule has 20 heavy (non-hydrogen) atoms. The van der Waals surface area contributed by atoms with Gasteiger partial charge in [0.2, 0.25) is 0 Å². The molecule has 0 aromatic rings. The van der Waals surface area contributed by atoms with Gasteiger partial charge in [-0.3, -0.25) is 0 Å². The van der Waals surface area contributed by atoms with Crippen molar-refractivity contribution in [3.8, 4) is 0 Å². The molecule has 1 amide bonds. The van der Waals surface area contributed by atoms with Crippen molar-refractivity contribution in [3.05, 3.63) is 0 Å². The Balaban J connectivity index is 2.15. The van der Waals surface area contributed by atoms with Gasteiger partial charge in [0.05, 0.1) is 19.3 Å². The Labute approximate surface area is 122 Å². The van der Waals surface area contributed by atoms with E-state index in [4.69, 9.17) is 14.2 Å². The van der Waals surface area contributed by atoms with Gasteiger partial charge in [0.1, 0.15) is 5.60 Å². The quantitative estimate of drug-likeness (QED) is 0.705. The molecule has 0 saturated carbocycles. The Morgan fingerprint density at radius 2 is 1.80 bits per heavy atom. The van der Waals surface area contributed by atoms with Gasteiger partial charge in [-0.2, -0.15) is 0 Å². The van der Waals surface area contributed by atoms with Gasteiger partial charge < -0.3 is 19.1 Å². The third kappa shape index (κ3) is 7.10. The highest BCUT2D eigenvalue weighted by Gasteiger charge is 2.26. The summed E-state index contributed by atoms with van der Waals surface area (Å²) in [6, 6.07) is 0. The van der Waals surface area contributed by atoms with Gasteiger partial charge in [0, 0.05) is 19.7 Å². The van der Waals surface area contributed by atoms with Crippen LogP contribution in [0.25, 0.3) is 0 Å². The zero-order valence-electron chi connectivity index (χ0n) is 13.3. The highest BCUT2D eigenvalue weighted by atomic mass is 16.6. The summed E-state index contributed by atoms with van der Waals surface area (Å²) in [5, 5.41) is 0. The van der Waals surface area contributed by atoms with E-state index < -0.39 is 5.60 Å². The van der Waals surface area contributed by atoms with Crippen molar-refractivity contribution in [2.24, 2.45) is 0 Å². The molecule has 1 aliphatic heterocycles. The number of piperidine rings is 1. The van der Waals surface area contributed by atoms with Crippen molar-refractivity contribution in [3.63, 3.8) is 0 Å². The van der Waals surface area contributed by atoms with E-state index in [2.05, 4.69) is 6.92 Å². The maximum atomic E-state index is 11.9. The topological polar surface area (TPSA) is 48.0 Å². The molecule has 1 saturated heterocycles. The molecule has 0 unspecified atom stereocenters. The van der Waals surface area contributed by atoms with Crippen molar-refractivity contribution in [2.75, 3.05) is 32.9 Å². The summed E-state index contributed by atoms with van der Waals surface area (Å²) in [4.78, 5) is 13.7. The molecule has 0 N–H and O–H groups in total. The number of hydrogen-bond acceptors (Lipinski definition) is 4. The zero-order chi connectivity index (χ0) is 15.0. The Bertz CT molecular complexity index is 280. The molecule has 1 heterocycles. The van der Waals surface area contributed by atoms with E-state index in [1.807, 2.05) is 20.8 Å². The molecule has 0 aromatic heterocycles. The van der Waals surface area contributed by atoms with Crippen molar-refractivity contribution in [1.29, 1.82) is 0 Å². The summed E-state index contributed by atoms with van der Waals surface area (Å²) in [6.07, 6.45) is 2.79. The van der Waals surface area contributed by atoms with Gasteiger partial charge in [0.15, 0.2) is 0 Å². The minimum absolute atomic E-state index is 0.220. The van der Waals surface area contributed by atoms with Crippen molar-refractivity contribution in [1.82, 2.24) is 4.90 Å². The molecular weight excluding hydrogens is 258 g/mol. The summed E-state index contributed by atoms with van der Waals surface area (Å²) in [6.45, 7) is 11.2. The zero-order valence-corrected chi connectivity index (χ0v) is 13.3. The van der Waals surface area contributed by atoms with E-state index >= 15 is 0 Å². The van der Waals surface area contributed by atoms with E-state index in [0.29, 0.717) is 26.3 Å². The molecule has 1 fully saturated rings. The number of likely N-dealkylation sites (tertiary alicyclic amines) is 1. The number of carbonyl (C=O) groups is 1. The summed E-state index contributed by atoms with van der Waals surface area (Å²) >= 11 is 0. The van der Waals surface area contributed by atoms with Crippen LogP contribution in [0.4, 0.5) is 4.79 Å². The van der Waals surface area contributed by atoms with E-state index in [1.54, 1.807) is 4.90 Å². The fraction of sp³-hybridized carbons (Fsp3) is 0.933. The summed E-state index contributed by atoms with van der Waals surface area (Å²) in [5.74, 6) is 0. The van der Waals surface area contributed by atoms with Crippen LogP contribution >= 0.6 is 0 Å². The normalized spacial score (nSPS) is 17.3. The van der Waals surface area contributed by atoms with Crippen molar-refractivity contribution >= 4 is 6.09 Å². The Morgan fingerprint density at radius 3 is 2.35 bits per heavy atom. The third-order valence-corrected chi connectivity index (χ3v) is 3.02. The molecular formula is C15H29NO4. The number of carbonyl (C=O) groups excluding carboxylic acids is 1. The van der Waals surface area contributed by atoms with Gasteiger partial charge in [0.25, 0.3) is 0 Å². The monoisotopic (exact) mass is 287 g/mol. The Kier molecular flexibility index (Phi) is 7.30. The molecule has 0 aromatic carbocycles. The minimum Gasteiger partial charge on any atom is -0.444 e. The second-order valence-corrected chi connectivity index (χ2v) is 6.15.